The Morgan fingerprint density at radius 2 is 2.00 bits per heavy atom. The second-order valence-electron chi connectivity index (χ2n) is 3.73. The fraction of sp³-hybridized carbons (Fsp3) is 0.364. The van der Waals surface area contributed by atoms with Crippen molar-refractivity contribution in [3.8, 4) is 0 Å². The highest BCUT2D eigenvalue weighted by molar-refractivity contribution is 5.75. The molecule has 15 heavy (non-hydrogen) atoms. The van der Waals surface area contributed by atoms with E-state index >= 15 is 0 Å². The van der Waals surface area contributed by atoms with E-state index in [-0.39, 0.29) is 5.92 Å². The van der Waals surface area contributed by atoms with Crippen LogP contribution in [0.5, 0.6) is 0 Å². The molecule has 1 aliphatic rings. The third kappa shape index (κ3) is 1.86. The first-order valence-corrected chi connectivity index (χ1v) is 4.89. The number of hydrogen-bond donors (Lipinski definition) is 3. The zero-order valence-electron chi connectivity index (χ0n) is 8.13. The van der Waals surface area contributed by atoms with Crippen molar-refractivity contribution >= 4 is 5.97 Å². The maximum atomic E-state index is 10.8. The Balaban J connectivity index is 2.17. The van der Waals surface area contributed by atoms with Crippen LogP contribution >= 0.6 is 0 Å². The number of benzene rings is 1. The summed E-state index contributed by atoms with van der Waals surface area (Å²) >= 11 is 0. The molecule has 1 aliphatic heterocycles. The zero-order valence-corrected chi connectivity index (χ0v) is 8.13. The summed E-state index contributed by atoms with van der Waals surface area (Å²) in [5, 5.41) is 21.5. The standard InChI is InChI=1S/C11H13NO3/c13-10-8(6-12-9(10)11(14)15)7-4-2-1-3-5-7/h1-5,8-10,12-13H,6H2,(H,14,15)/t8?,9-,10?/m0/s1. The van der Waals surface area contributed by atoms with Gasteiger partial charge in [0.2, 0.25) is 0 Å². The highest BCUT2D eigenvalue weighted by Crippen LogP contribution is 2.25. The zero-order chi connectivity index (χ0) is 10.8. The van der Waals surface area contributed by atoms with E-state index in [4.69, 9.17) is 5.11 Å². The van der Waals surface area contributed by atoms with Gasteiger partial charge in [-0.15, -0.1) is 0 Å². The summed E-state index contributed by atoms with van der Waals surface area (Å²) < 4.78 is 0. The summed E-state index contributed by atoms with van der Waals surface area (Å²) in [5.41, 5.74) is 0.973. The maximum Gasteiger partial charge on any atom is 0.323 e. The lowest BCUT2D eigenvalue weighted by atomic mass is 9.94. The molecule has 0 spiro atoms. The highest BCUT2D eigenvalue weighted by Gasteiger charge is 2.39. The van der Waals surface area contributed by atoms with Gasteiger partial charge in [0.05, 0.1) is 6.10 Å². The molecule has 0 aliphatic carbocycles. The van der Waals surface area contributed by atoms with Crippen LogP contribution in [-0.4, -0.2) is 34.9 Å². The molecule has 0 aromatic heterocycles. The van der Waals surface area contributed by atoms with Crippen LogP contribution in [0.3, 0.4) is 0 Å². The van der Waals surface area contributed by atoms with E-state index in [2.05, 4.69) is 5.32 Å². The van der Waals surface area contributed by atoms with E-state index in [0.29, 0.717) is 6.54 Å². The number of rotatable bonds is 2. The third-order valence-electron chi connectivity index (χ3n) is 2.81. The van der Waals surface area contributed by atoms with E-state index < -0.39 is 18.1 Å². The van der Waals surface area contributed by atoms with Crippen LogP contribution in [-0.2, 0) is 4.79 Å². The molecule has 1 aromatic carbocycles. The van der Waals surface area contributed by atoms with Gasteiger partial charge in [-0.1, -0.05) is 30.3 Å². The fourth-order valence-electron chi connectivity index (χ4n) is 1.98. The van der Waals surface area contributed by atoms with Gasteiger partial charge in [0.1, 0.15) is 6.04 Å². The van der Waals surface area contributed by atoms with Gasteiger partial charge in [-0.25, -0.2) is 0 Å². The maximum absolute atomic E-state index is 10.8. The van der Waals surface area contributed by atoms with Crippen LogP contribution in [0.25, 0.3) is 0 Å². The van der Waals surface area contributed by atoms with Crippen LogP contribution in [0.2, 0.25) is 0 Å². The summed E-state index contributed by atoms with van der Waals surface area (Å²) in [7, 11) is 0. The predicted octanol–water partition coefficient (Wildman–Crippen LogP) is 0.187. The van der Waals surface area contributed by atoms with Gasteiger partial charge in [0.25, 0.3) is 0 Å². The van der Waals surface area contributed by atoms with Crippen LogP contribution in [0, 0.1) is 0 Å². The molecular weight excluding hydrogens is 194 g/mol. The molecule has 2 unspecified atom stereocenters. The quantitative estimate of drug-likeness (QED) is 0.647. The number of hydrogen-bond acceptors (Lipinski definition) is 3. The second-order valence-corrected chi connectivity index (χ2v) is 3.73. The normalized spacial score (nSPS) is 30.3. The first-order chi connectivity index (χ1) is 7.20. The van der Waals surface area contributed by atoms with Crippen molar-refractivity contribution in [1.82, 2.24) is 5.32 Å². The molecule has 80 valence electrons. The van der Waals surface area contributed by atoms with Crippen molar-refractivity contribution in [3.63, 3.8) is 0 Å². The molecule has 1 saturated heterocycles. The largest absolute Gasteiger partial charge is 0.480 e. The minimum absolute atomic E-state index is 0.132. The van der Waals surface area contributed by atoms with Crippen molar-refractivity contribution in [3.05, 3.63) is 35.9 Å². The molecular formula is C11H13NO3. The molecule has 0 radical (unpaired) electrons. The summed E-state index contributed by atoms with van der Waals surface area (Å²) in [6.07, 6.45) is -0.857. The fourth-order valence-corrected chi connectivity index (χ4v) is 1.98. The number of aliphatic carboxylic acids is 1. The number of aliphatic hydroxyl groups is 1. The second kappa shape index (κ2) is 4.00. The van der Waals surface area contributed by atoms with Crippen molar-refractivity contribution in [2.45, 2.75) is 18.1 Å². The van der Waals surface area contributed by atoms with Crippen molar-refractivity contribution in [2.24, 2.45) is 0 Å². The average molecular weight is 207 g/mol. The average Bonchev–Trinajstić information content (AvgIpc) is 2.61. The summed E-state index contributed by atoms with van der Waals surface area (Å²) in [4.78, 5) is 10.8. The van der Waals surface area contributed by atoms with Crippen molar-refractivity contribution in [2.75, 3.05) is 6.54 Å². The third-order valence-corrected chi connectivity index (χ3v) is 2.81. The number of carboxylic acid groups (broad SMARTS) is 1. The van der Waals surface area contributed by atoms with Gasteiger partial charge < -0.3 is 15.5 Å². The Labute approximate surface area is 87.6 Å². The Morgan fingerprint density at radius 3 is 2.53 bits per heavy atom. The first kappa shape index (κ1) is 10.1. The molecule has 4 nitrogen and oxygen atoms in total. The molecule has 1 heterocycles. The Morgan fingerprint density at radius 1 is 1.33 bits per heavy atom. The van der Waals surface area contributed by atoms with Crippen LogP contribution < -0.4 is 5.32 Å². The molecule has 1 fully saturated rings. The molecule has 3 N–H and O–H groups in total. The monoisotopic (exact) mass is 207 g/mol. The van der Waals surface area contributed by atoms with E-state index in [1.165, 1.54) is 0 Å². The van der Waals surface area contributed by atoms with Gasteiger partial charge in [0, 0.05) is 12.5 Å². The first-order valence-electron chi connectivity index (χ1n) is 4.89. The van der Waals surface area contributed by atoms with Crippen LogP contribution in [0.4, 0.5) is 0 Å². The Kier molecular flexibility index (Phi) is 2.70. The smallest absolute Gasteiger partial charge is 0.323 e. The summed E-state index contributed by atoms with van der Waals surface area (Å²) in [5.74, 6) is -1.13. The van der Waals surface area contributed by atoms with Gasteiger partial charge >= 0.3 is 5.97 Å². The highest BCUT2D eigenvalue weighted by atomic mass is 16.4. The molecule has 0 saturated carbocycles. The lowest BCUT2D eigenvalue weighted by Crippen LogP contribution is -2.38. The molecule has 2 rings (SSSR count). The summed E-state index contributed by atoms with van der Waals surface area (Å²) in [6.45, 7) is 0.502. The summed E-state index contributed by atoms with van der Waals surface area (Å²) in [6, 6.07) is 8.62. The number of nitrogens with one attached hydrogen (secondary N) is 1. The van der Waals surface area contributed by atoms with Gasteiger partial charge in [0.15, 0.2) is 0 Å². The lowest BCUT2D eigenvalue weighted by molar-refractivity contribution is -0.141. The Hall–Kier alpha value is -1.39. The van der Waals surface area contributed by atoms with Gasteiger partial charge in [-0.05, 0) is 5.56 Å². The molecule has 0 bridgehead atoms. The topological polar surface area (TPSA) is 69.6 Å². The number of aliphatic hydroxyl groups excluding tert-OH is 1. The Bertz CT molecular complexity index is 352. The number of carbonyl (C=O) groups is 1. The van der Waals surface area contributed by atoms with E-state index in [9.17, 15) is 9.90 Å². The van der Waals surface area contributed by atoms with E-state index in [0.717, 1.165) is 5.56 Å². The minimum atomic E-state index is -0.999. The lowest BCUT2D eigenvalue weighted by Gasteiger charge is -2.15. The van der Waals surface area contributed by atoms with Crippen molar-refractivity contribution in [1.29, 1.82) is 0 Å². The molecule has 3 atom stereocenters. The number of carboxylic acids is 1. The van der Waals surface area contributed by atoms with E-state index in [1.54, 1.807) is 0 Å². The van der Waals surface area contributed by atoms with Gasteiger partial charge in [-0.3, -0.25) is 4.79 Å². The predicted molar refractivity (Wildman–Crippen MR) is 54.6 cm³/mol. The van der Waals surface area contributed by atoms with Crippen LogP contribution in [0.1, 0.15) is 11.5 Å². The van der Waals surface area contributed by atoms with Crippen molar-refractivity contribution < 1.29 is 15.0 Å². The SMILES string of the molecule is O=C(O)[C@H]1NCC(c2ccccc2)C1O. The molecule has 4 heteroatoms. The molecule has 0 amide bonds. The van der Waals surface area contributed by atoms with Gasteiger partial charge in [-0.2, -0.15) is 0 Å². The van der Waals surface area contributed by atoms with E-state index in [1.807, 2.05) is 30.3 Å². The minimum Gasteiger partial charge on any atom is -0.480 e. The molecule has 1 aromatic rings. The van der Waals surface area contributed by atoms with Crippen LogP contribution in [0.15, 0.2) is 30.3 Å².